The van der Waals surface area contributed by atoms with Gasteiger partial charge in [-0.15, -0.1) is 0 Å². The van der Waals surface area contributed by atoms with Crippen LogP contribution in [0.5, 0.6) is 0 Å². The summed E-state index contributed by atoms with van der Waals surface area (Å²) in [4.78, 5) is 25.0. The molecular formula is C18H13ClN6O2. The number of carbonyl (C=O) groups excluding carboxylic acids is 1. The number of aromatic nitrogens is 5. The third-order valence-electron chi connectivity index (χ3n) is 3.68. The number of pyridine rings is 1. The summed E-state index contributed by atoms with van der Waals surface area (Å²) in [6.07, 6.45) is 4.73. The van der Waals surface area contributed by atoms with Crippen molar-refractivity contribution in [2.24, 2.45) is 0 Å². The Labute approximate surface area is 158 Å². The van der Waals surface area contributed by atoms with E-state index >= 15 is 0 Å². The fourth-order valence-electron chi connectivity index (χ4n) is 2.41. The summed E-state index contributed by atoms with van der Waals surface area (Å²) in [6.45, 7) is 1.75. The van der Waals surface area contributed by atoms with Gasteiger partial charge in [0.05, 0.1) is 5.56 Å². The van der Waals surface area contributed by atoms with Gasteiger partial charge in [-0.25, -0.2) is 9.97 Å². The first-order chi connectivity index (χ1) is 13.1. The first-order valence-electron chi connectivity index (χ1n) is 7.96. The summed E-state index contributed by atoms with van der Waals surface area (Å²) in [5.74, 6) is 1.22. The van der Waals surface area contributed by atoms with Crippen molar-refractivity contribution in [3.63, 3.8) is 0 Å². The van der Waals surface area contributed by atoms with Crippen LogP contribution in [0, 0.1) is 6.92 Å². The van der Waals surface area contributed by atoms with Gasteiger partial charge in [0.25, 0.3) is 11.8 Å². The molecule has 0 bridgehead atoms. The van der Waals surface area contributed by atoms with Crippen LogP contribution >= 0.6 is 11.6 Å². The van der Waals surface area contributed by atoms with Crippen molar-refractivity contribution in [2.75, 3.05) is 5.32 Å². The fourth-order valence-corrected chi connectivity index (χ4v) is 2.60. The number of hydrogen-bond donors (Lipinski definition) is 1. The van der Waals surface area contributed by atoms with Gasteiger partial charge in [0, 0.05) is 23.1 Å². The van der Waals surface area contributed by atoms with Crippen molar-refractivity contribution < 1.29 is 9.32 Å². The minimum absolute atomic E-state index is 0.258. The number of imidazole rings is 1. The molecule has 4 rings (SSSR count). The second kappa shape index (κ2) is 7.00. The maximum atomic E-state index is 12.3. The molecule has 1 aromatic carbocycles. The summed E-state index contributed by atoms with van der Waals surface area (Å²) in [7, 11) is 0. The predicted octanol–water partition coefficient (Wildman–Crippen LogP) is 3.53. The normalized spacial score (nSPS) is 10.7. The molecule has 0 spiro atoms. The molecule has 134 valence electrons. The van der Waals surface area contributed by atoms with Crippen molar-refractivity contribution in [1.29, 1.82) is 0 Å². The molecule has 9 heteroatoms. The number of nitrogens with one attached hydrogen (secondary N) is 1. The van der Waals surface area contributed by atoms with Gasteiger partial charge in [-0.2, -0.15) is 4.98 Å². The van der Waals surface area contributed by atoms with E-state index < -0.39 is 0 Å². The van der Waals surface area contributed by atoms with Gasteiger partial charge in [0.2, 0.25) is 0 Å². The van der Waals surface area contributed by atoms with Gasteiger partial charge in [-0.1, -0.05) is 22.8 Å². The Morgan fingerprint density at radius 3 is 2.81 bits per heavy atom. The Kier molecular flexibility index (Phi) is 4.39. The van der Waals surface area contributed by atoms with E-state index in [1.165, 1.54) is 6.33 Å². The van der Waals surface area contributed by atoms with Crippen LogP contribution in [0.2, 0.25) is 5.02 Å². The highest BCUT2D eigenvalue weighted by Crippen LogP contribution is 2.18. The van der Waals surface area contributed by atoms with Crippen molar-refractivity contribution in [3.8, 4) is 17.3 Å². The number of rotatable bonds is 4. The van der Waals surface area contributed by atoms with Crippen LogP contribution in [0.4, 0.5) is 5.69 Å². The topological polar surface area (TPSA) is 98.7 Å². The quantitative estimate of drug-likeness (QED) is 0.581. The summed E-state index contributed by atoms with van der Waals surface area (Å²) in [5, 5.41) is 7.04. The van der Waals surface area contributed by atoms with Crippen molar-refractivity contribution in [2.45, 2.75) is 6.92 Å². The van der Waals surface area contributed by atoms with Gasteiger partial charge in [0.15, 0.2) is 5.82 Å². The molecule has 0 atom stereocenters. The molecule has 0 aliphatic carbocycles. The third kappa shape index (κ3) is 3.70. The van der Waals surface area contributed by atoms with Crippen LogP contribution < -0.4 is 5.32 Å². The van der Waals surface area contributed by atoms with Crippen LogP contribution in [-0.4, -0.2) is 30.6 Å². The zero-order valence-electron chi connectivity index (χ0n) is 14.1. The maximum absolute atomic E-state index is 12.3. The van der Waals surface area contributed by atoms with Crippen LogP contribution in [0.15, 0.2) is 59.6 Å². The minimum Gasteiger partial charge on any atom is -0.334 e. The maximum Gasteiger partial charge on any atom is 0.275 e. The second-order valence-corrected chi connectivity index (χ2v) is 6.12. The molecule has 3 heterocycles. The van der Waals surface area contributed by atoms with E-state index in [0.29, 0.717) is 33.8 Å². The number of benzene rings is 1. The SMILES string of the molecule is Cc1noc(-c2ccc(-n3cnc(C(=O)Nc4cccc(Cl)c4)c3)nc2)n1. The molecule has 0 aliphatic rings. The fraction of sp³-hybridized carbons (Fsp3) is 0.0556. The van der Waals surface area contributed by atoms with E-state index in [1.54, 1.807) is 60.3 Å². The lowest BCUT2D eigenvalue weighted by Gasteiger charge is -2.03. The summed E-state index contributed by atoms with van der Waals surface area (Å²) in [5.41, 5.74) is 1.56. The molecule has 3 aromatic heterocycles. The van der Waals surface area contributed by atoms with Crippen molar-refractivity contribution in [3.05, 3.63) is 71.7 Å². The van der Waals surface area contributed by atoms with E-state index in [2.05, 4.69) is 25.4 Å². The number of anilines is 1. The Morgan fingerprint density at radius 2 is 2.11 bits per heavy atom. The van der Waals surface area contributed by atoms with Gasteiger partial charge < -0.3 is 9.84 Å². The third-order valence-corrected chi connectivity index (χ3v) is 3.92. The van der Waals surface area contributed by atoms with Gasteiger partial charge in [-0.3, -0.25) is 9.36 Å². The molecule has 4 aromatic rings. The molecule has 0 unspecified atom stereocenters. The van der Waals surface area contributed by atoms with E-state index in [0.717, 1.165) is 0 Å². The Bertz CT molecular complexity index is 1100. The predicted molar refractivity (Wildman–Crippen MR) is 98.8 cm³/mol. The highest BCUT2D eigenvalue weighted by Gasteiger charge is 2.12. The van der Waals surface area contributed by atoms with E-state index in [1.807, 2.05) is 0 Å². The minimum atomic E-state index is -0.339. The lowest BCUT2D eigenvalue weighted by molar-refractivity contribution is 0.102. The number of aryl methyl sites for hydroxylation is 1. The molecule has 0 radical (unpaired) electrons. The van der Waals surface area contributed by atoms with Crippen molar-refractivity contribution >= 4 is 23.2 Å². The summed E-state index contributed by atoms with van der Waals surface area (Å²) >= 11 is 5.92. The molecule has 0 saturated carbocycles. The van der Waals surface area contributed by atoms with Crippen LogP contribution in [0.1, 0.15) is 16.3 Å². The second-order valence-electron chi connectivity index (χ2n) is 5.68. The lowest BCUT2D eigenvalue weighted by atomic mass is 10.3. The monoisotopic (exact) mass is 380 g/mol. The average Bonchev–Trinajstić information content (AvgIpc) is 3.31. The van der Waals surface area contributed by atoms with Gasteiger partial charge in [0.1, 0.15) is 17.8 Å². The molecule has 0 aliphatic heterocycles. The number of carbonyl (C=O) groups is 1. The Hall–Kier alpha value is -3.52. The molecule has 1 N–H and O–H groups in total. The first kappa shape index (κ1) is 16.9. The van der Waals surface area contributed by atoms with Crippen LogP contribution in [0.3, 0.4) is 0 Å². The van der Waals surface area contributed by atoms with E-state index in [-0.39, 0.29) is 11.6 Å². The summed E-state index contributed by atoms with van der Waals surface area (Å²) < 4.78 is 6.76. The first-order valence-corrected chi connectivity index (χ1v) is 8.34. The number of hydrogen-bond acceptors (Lipinski definition) is 6. The molecular weight excluding hydrogens is 368 g/mol. The van der Waals surface area contributed by atoms with Gasteiger partial charge in [-0.05, 0) is 37.3 Å². The largest absolute Gasteiger partial charge is 0.334 e. The van der Waals surface area contributed by atoms with Crippen molar-refractivity contribution in [1.82, 2.24) is 24.7 Å². The number of nitrogens with zero attached hydrogens (tertiary/aromatic N) is 5. The average molecular weight is 381 g/mol. The highest BCUT2D eigenvalue weighted by atomic mass is 35.5. The summed E-state index contributed by atoms with van der Waals surface area (Å²) in [6, 6.07) is 10.5. The Morgan fingerprint density at radius 1 is 1.22 bits per heavy atom. The van der Waals surface area contributed by atoms with E-state index in [4.69, 9.17) is 16.1 Å². The highest BCUT2D eigenvalue weighted by molar-refractivity contribution is 6.30. The van der Waals surface area contributed by atoms with Crippen LogP contribution in [0.25, 0.3) is 17.3 Å². The zero-order chi connectivity index (χ0) is 18.8. The Balaban J connectivity index is 1.51. The molecule has 8 nitrogen and oxygen atoms in total. The molecule has 27 heavy (non-hydrogen) atoms. The molecule has 1 amide bonds. The molecule has 0 fully saturated rings. The molecule has 0 saturated heterocycles. The van der Waals surface area contributed by atoms with Gasteiger partial charge >= 0.3 is 0 Å². The van der Waals surface area contributed by atoms with E-state index in [9.17, 15) is 4.79 Å². The smallest absolute Gasteiger partial charge is 0.275 e. The number of amides is 1. The number of halogens is 1. The standard InChI is InChI=1S/C18H13ClN6O2/c1-11-22-18(27-24-11)12-5-6-16(20-8-12)25-9-15(21-10-25)17(26)23-14-4-2-3-13(19)7-14/h2-10H,1H3,(H,23,26). The lowest BCUT2D eigenvalue weighted by Crippen LogP contribution is -2.12. The van der Waals surface area contributed by atoms with Crippen LogP contribution in [-0.2, 0) is 0 Å². The zero-order valence-corrected chi connectivity index (χ0v) is 14.9.